The highest BCUT2D eigenvalue weighted by Crippen LogP contribution is 1.57. The van der Waals surface area contributed by atoms with Crippen LogP contribution in [0.4, 0.5) is 0 Å². The van der Waals surface area contributed by atoms with Crippen LogP contribution >= 0.6 is 0 Å². The van der Waals surface area contributed by atoms with Gasteiger partial charge in [-0.1, -0.05) is 13.5 Å². The summed E-state index contributed by atoms with van der Waals surface area (Å²) in [7, 11) is -1.17. The Hall–Kier alpha value is 0.180. The van der Waals surface area contributed by atoms with E-state index in [2.05, 4.69) is 0 Å². The van der Waals surface area contributed by atoms with Gasteiger partial charge in [-0.2, -0.15) is 0 Å². The SMILES string of the molecule is C[NH2+]C.O=S(=O)([O-])[O-].[SH3+]. The van der Waals surface area contributed by atoms with Gasteiger partial charge in [0.25, 0.3) is 0 Å². The first kappa shape index (κ1) is 16.1. The largest absolute Gasteiger partial charge is 0.759 e. The molecule has 60 valence electrons. The van der Waals surface area contributed by atoms with E-state index in [1.807, 2.05) is 19.4 Å². The fraction of sp³-hybridized carbons (Fsp3) is 1.00. The van der Waals surface area contributed by atoms with E-state index < -0.39 is 10.4 Å². The maximum Gasteiger partial charge on any atom is 0.0647 e. The maximum absolute atomic E-state index is 8.52. The van der Waals surface area contributed by atoms with Crippen LogP contribution in [-0.2, 0) is 23.9 Å². The predicted octanol–water partition coefficient (Wildman–Crippen LogP) is -3.33. The van der Waals surface area contributed by atoms with Crippen molar-refractivity contribution in [2.45, 2.75) is 0 Å². The molecule has 0 aromatic carbocycles. The molecular formula is C2H11NO4S2. The van der Waals surface area contributed by atoms with Crippen molar-refractivity contribution in [3.63, 3.8) is 0 Å². The van der Waals surface area contributed by atoms with Crippen molar-refractivity contribution < 1.29 is 22.8 Å². The third-order valence-corrected chi connectivity index (χ3v) is 0. The van der Waals surface area contributed by atoms with E-state index in [4.69, 9.17) is 17.5 Å². The van der Waals surface area contributed by atoms with Crippen LogP contribution in [-0.4, -0.2) is 31.6 Å². The van der Waals surface area contributed by atoms with Crippen LogP contribution in [0.2, 0.25) is 0 Å². The molecule has 0 fully saturated rings. The van der Waals surface area contributed by atoms with Gasteiger partial charge in [0, 0.05) is 10.4 Å². The summed E-state index contributed by atoms with van der Waals surface area (Å²) < 4.78 is 34.1. The molecule has 0 aliphatic heterocycles. The fourth-order valence-electron chi connectivity index (χ4n) is 0. The highest BCUT2D eigenvalue weighted by Gasteiger charge is 1.49. The highest BCUT2D eigenvalue weighted by atomic mass is 32.3. The van der Waals surface area contributed by atoms with Crippen LogP contribution in [0.3, 0.4) is 0 Å². The van der Waals surface area contributed by atoms with Crippen molar-refractivity contribution >= 4 is 23.9 Å². The topological polar surface area (TPSA) is 96.9 Å². The van der Waals surface area contributed by atoms with Gasteiger partial charge in [0.2, 0.25) is 0 Å². The van der Waals surface area contributed by atoms with Gasteiger partial charge in [-0.15, -0.1) is 0 Å². The summed E-state index contributed by atoms with van der Waals surface area (Å²) in [5.41, 5.74) is 0. The molecule has 0 aromatic heterocycles. The fourth-order valence-corrected chi connectivity index (χ4v) is 0. The van der Waals surface area contributed by atoms with Gasteiger partial charge < -0.3 is 14.4 Å². The Morgan fingerprint density at radius 3 is 1.22 bits per heavy atom. The van der Waals surface area contributed by atoms with E-state index in [-0.39, 0.29) is 13.5 Å². The summed E-state index contributed by atoms with van der Waals surface area (Å²) in [6, 6.07) is 0. The Morgan fingerprint density at radius 2 is 1.22 bits per heavy atom. The Balaban J connectivity index is -0.0000000800. The summed E-state index contributed by atoms with van der Waals surface area (Å²) in [4.78, 5) is 0. The van der Waals surface area contributed by atoms with Crippen LogP contribution in [0.5, 0.6) is 0 Å². The Labute approximate surface area is 61.5 Å². The predicted molar refractivity (Wildman–Crippen MR) is 35.8 cm³/mol. The van der Waals surface area contributed by atoms with Gasteiger partial charge in [0.05, 0.1) is 14.1 Å². The van der Waals surface area contributed by atoms with Gasteiger partial charge in [-0.3, -0.25) is 8.42 Å². The zero-order valence-corrected chi connectivity index (χ0v) is 7.17. The molecule has 0 heterocycles. The standard InChI is InChI=1S/C2H7N.H2O4S.H2S/c1-3-2;1-5(2,3)4;/h3H,1-2H3;(H2,1,2,3,4);1H2. The molecule has 0 radical (unpaired) electrons. The molecular weight excluding hydrogens is 166 g/mol. The minimum Gasteiger partial charge on any atom is -0.759 e. The van der Waals surface area contributed by atoms with E-state index in [9.17, 15) is 0 Å². The molecule has 0 saturated heterocycles. The lowest BCUT2D eigenvalue weighted by Gasteiger charge is -2.06. The first-order valence-corrected chi connectivity index (χ1v) is 3.15. The third-order valence-electron chi connectivity index (χ3n) is 0. The summed E-state index contributed by atoms with van der Waals surface area (Å²) in [6.07, 6.45) is 0. The van der Waals surface area contributed by atoms with Crippen molar-refractivity contribution in [2.75, 3.05) is 14.1 Å². The van der Waals surface area contributed by atoms with Crippen LogP contribution in [0.25, 0.3) is 0 Å². The normalized spacial score (nSPS) is 8.44. The summed E-state index contributed by atoms with van der Waals surface area (Å²) in [5.74, 6) is 0. The second-order valence-electron chi connectivity index (χ2n) is 0.986. The van der Waals surface area contributed by atoms with E-state index in [0.29, 0.717) is 0 Å². The van der Waals surface area contributed by atoms with Gasteiger partial charge in [-0.25, -0.2) is 0 Å². The lowest BCUT2D eigenvalue weighted by Crippen LogP contribution is -2.74. The summed E-state index contributed by atoms with van der Waals surface area (Å²) >= 11 is 0. The molecule has 9 heavy (non-hydrogen) atoms. The average Bonchev–Trinajstić information content (AvgIpc) is 1.27. The molecule has 5 nitrogen and oxygen atoms in total. The molecule has 0 aliphatic rings. The molecule has 0 aromatic rings. The lowest BCUT2D eigenvalue weighted by molar-refractivity contribution is -0.597. The molecule has 0 spiro atoms. The highest BCUT2D eigenvalue weighted by molar-refractivity contribution is 7.79. The zero-order chi connectivity index (χ0) is 7.21. The molecule has 0 aliphatic carbocycles. The third kappa shape index (κ3) is 9640. The first-order chi connectivity index (χ1) is 3.41. The smallest absolute Gasteiger partial charge is 0.0647 e. The summed E-state index contributed by atoms with van der Waals surface area (Å²) in [6.45, 7) is 0. The number of rotatable bonds is 0. The number of hydrogen-bond donors (Lipinski definition) is 1. The van der Waals surface area contributed by atoms with Gasteiger partial charge in [-0.05, 0) is 0 Å². The van der Waals surface area contributed by atoms with Crippen LogP contribution in [0, 0.1) is 0 Å². The van der Waals surface area contributed by atoms with Gasteiger partial charge in [0.15, 0.2) is 0 Å². The molecule has 0 saturated carbocycles. The molecule has 0 unspecified atom stereocenters. The van der Waals surface area contributed by atoms with Crippen molar-refractivity contribution in [3.05, 3.63) is 0 Å². The van der Waals surface area contributed by atoms with Gasteiger partial charge in [0.1, 0.15) is 0 Å². The van der Waals surface area contributed by atoms with Crippen molar-refractivity contribution in [1.29, 1.82) is 0 Å². The van der Waals surface area contributed by atoms with Crippen LogP contribution < -0.4 is 5.32 Å². The molecule has 0 amide bonds. The average molecular weight is 177 g/mol. The Morgan fingerprint density at radius 1 is 1.22 bits per heavy atom. The lowest BCUT2D eigenvalue weighted by atomic mass is 11.3. The quantitative estimate of drug-likeness (QED) is 0.238. The molecule has 0 rings (SSSR count). The molecule has 0 bridgehead atoms. The van der Waals surface area contributed by atoms with Gasteiger partial charge >= 0.3 is 0 Å². The second-order valence-corrected chi connectivity index (χ2v) is 1.80. The van der Waals surface area contributed by atoms with Crippen molar-refractivity contribution in [3.8, 4) is 0 Å². The van der Waals surface area contributed by atoms with Crippen LogP contribution in [0.1, 0.15) is 0 Å². The van der Waals surface area contributed by atoms with E-state index >= 15 is 0 Å². The summed E-state index contributed by atoms with van der Waals surface area (Å²) in [5, 5.41) is 2.00. The molecule has 0 atom stereocenters. The Bertz CT molecular complexity index is 111. The minimum absolute atomic E-state index is 0. The molecule has 7 heteroatoms. The molecule has 2 N–H and O–H groups in total. The number of hydrogen-bond acceptors (Lipinski definition) is 4. The van der Waals surface area contributed by atoms with Crippen molar-refractivity contribution in [1.82, 2.24) is 0 Å². The Kier molecular flexibility index (Phi) is 14.6. The maximum atomic E-state index is 8.52. The monoisotopic (exact) mass is 177 g/mol. The van der Waals surface area contributed by atoms with E-state index in [1.54, 1.807) is 0 Å². The number of quaternary nitrogens is 1. The zero-order valence-electron chi connectivity index (χ0n) is 5.20. The van der Waals surface area contributed by atoms with Crippen molar-refractivity contribution in [2.24, 2.45) is 0 Å². The van der Waals surface area contributed by atoms with Crippen LogP contribution in [0.15, 0.2) is 0 Å². The van der Waals surface area contributed by atoms with E-state index in [1.165, 1.54) is 0 Å². The minimum atomic E-state index is -5.17. The second kappa shape index (κ2) is 8.18. The number of nitrogens with two attached hydrogens (primary N) is 1. The van der Waals surface area contributed by atoms with E-state index in [0.717, 1.165) is 0 Å². The first-order valence-electron chi connectivity index (χ1n) is 1.82.